The maximum atomic E-state index is 11.1. The predicted molar refractivity (Wildman–Crippen MR) is 104 cm³/mol. The van der Waals surface area contributed by atoms with Gasteiger partial charge >= 0.3 is 5.97 Å². The van der Waals surface area contributed by atoms with E-state index in [-0.39, 0.29) is 5.56 Å². The van der Waals surface area contributed by atoms with Gasteiger partial charge in [0.25, 0.3) is 0 Å². The highest BCUT2D eigenvalue weighted by atomic mass is 35.5. The summed E-state index contributed by atoms with van der Waals surface area (Å²) in [5, 5.41) is 9.85. The number of rotatable bonds is 3. The first-order valence-electron chi connectivity index (χ1n) is 9.32. The Bertz CT molecular complexity index is 947. The largest absolute Gasteiger partial charge is 0.478 e. The molecule has 2 spiro atoms. The van der Waals surface area contributed by atoms with E-state index >= 15 is 0 Å². The fraction of sp³-hybridized carbons (Fsp3) is 0.348. The fourth-order valence-corrected chi connectivity index (χ4v) is 5.02. The highest BCUT2D eigenvalue weighted by Gasteiger charge is 2.57. The second kappa shape index (κ2) is 5.23. The van der Waals surface area contributed by atoms with Crippen LogP contribution >= 0.6 is 11.6 Å². The van der Waals surface area contributed by atoms with Crippen LogP contribution in [0.2, 0.25) is 5.02 Å². The van der Waals surface area contributed by atoms with Crippen LogP contribution in [0.3, 0.4) is 0 Å². The van der Waals surface area contributed by atoms with E-state index in [2.05, 4.69) is 18.7 Å². The Morgan fingerprint density at radius 1 is 0.885 bits per heavy atom. The molecule has 3 heteroatoms. The van der Waals surface area contributed by atoms with E-state index in [1.807, 2.05) is 12.1 Å². The highest BCUT2D eigenvalue weighted by molar-refractivity contribution is 6.32. The number of carboxylic acids is 1. The van der Waals surface area contributed by atoms with Gasteiger partial charge in [-0.1, -0.05) is 30.3 Å². The van der Waals surface area contributed by atoms with Crippen molar-refractivity contribution in [2.75, 3.05) is 0 Å². The molecule has 2 nitrogen and oxygen atoms in total. The summed E-state index contributed by atoms with van der Waals surface area (Å²) in [6.07, 6.45) is 7.79. The summed E-state index contributed by atoms with van der Waals surface area (Å²) >= 11 is 6.70. The average Bonchev–Trinajstić information content (AvgIpc) is 3.54. The van der Waals surface area contributed by atoms with Crippen molar-refractivity contribution in [3.8, 4) is 0 Å². The third-order valence-electron chi connectivity index (χ3n) is 6.84. The number of carbonyl (C=O) groups is 1. The smallest absolute Gasteiger partial charge is 0.335 e. The topological polar surface area (TPSA) is 37.3 Å². The molecule has 26 heavy (non-hydrogen) atoms. The van der Waals surface area contributed by atoms with Gasteiger partial charge in [0.15, 0.2) is 0 Å². The zero-order valence-electron chi connectivity index (χ0n) is 14.6. The van der Waals surface area contributed by atoms with Crippen LogP contribution in [0.25, 0.3) is 5.57 Å². The Labute approximate surface area is 158 Å². The highest BCUT2D eigenvalue weighted by Crippen LogP contribution is 2.66. The molecule has 132 valence electrons. The quantitative estimate of drug-likeness (QED) is 0.729. The normalized spacial score (nSPS) is 20.7. The molecule has 0 bridgehead atoms. The minimum Gasteiger partial charge on any atom is -0.478 e. The maximum Gasteiger partial charge on any atom is 0.335 e. The molecule has 0 unspecified atom stereocenters. The molecule has 3 aliphatic carbocycles. The van der Waals surface area contributed by atoms with Crippen molar-refractivity contribution in [2.24, 2.45) is 0 Å². The molecule has 2 saturated carbocycles. The van der Waals surface area contributed by atoms with Gasteiger partial charge in [-0.15, -0.1) is 0 Å². The van der Waals surface area contributed by atoms with Crippen LogP contribution in [0, 0.1) is 0 Å². The number of aromatic carboxylic acids is 1. The molecule has 2 fully saturated rings. The molecular formula is C23H21ClO2. The van der Waals surface area contributed by atoms with Crippen molar-refractivity contribution in [1.82, 2.24) is 0 Å². The average molecular weight is 365 g/mol. The molecule has 0 amide bonds. The molecule has 1 N–H and O–H groups in total. The molecule has 0 aromatic heterocycles. The molecule has 2 aromatic carbocycles. The number of benzene rings is 2. The number of hydrogen-bond acceptors (Lipinski definition) is 1. The second-order valence-electron chi connectivity index (χ2n) is 8.30. The molecule has 0 saturated heterocycles. The monoisotopic (exact) mass is 364 g/mol. The van der Waals surface area contributed by atoms with Crippen molar-refractivity contribution in [3.63, 3.8) is 0 Å². The summed E-state index contributed by atoms with van der Waals surface area (Å²) in [7, 11) is 0. The summed E-state index contributed by atoms with van der Waals surface area (Å²) in [5.74, 6) is -0.917. The lowest BCUT2D eigenvalue weighted by molar-refractivity contribution is 0.0697. The maximum absolute atomic E-state index is 11.1. The SMILES string of the molecule is C=C(c1ccc(C(=O)O)cc1)c1cc2c(cc1Cl)C1(CC1)CCC21CC1. The van der Waals surface area contributed by atoms with Gasteiger partial charge in [0.05, 0.1) is 5.56 Å². The van der Waals surface area contributed by atoms with E-state index in [0.29, 0.717) is 10.8 Å². The fourth-order valence-electron chi connectivity index (χ4n) is 4.74. The first kappa shape index (κ1) is 16.1. The summed E-state index contributed by atoms with van der Waals surface area (Å²) in [6.45, 7) is 4.27. The number of hydrogen-bond donors (Lipinski definition) is 1. The van der Waals surface area contributed by atoms with Crippen LogP contribution in [-0.4, -0.2) is 11.1 Å². The Balaban J connectivity index is 1.57. The van der Waals surface area contributed by atoms with E-state index in [4.69, 9.17) is 16.7 Å². The van der Waals surface area contributed by atoms with Crippen molar-refractivity contribution < 1.29 is 9.90 Å². The van der Waals surface area contributed by atoms with Gasteiger partial charge in [-0.3, -0.25) is 0 Å². The lowest BCUT2D eigenvalue weighted by atomic mass is 9.71. The van der Waals surface area contributed by atoms with Crippen molar-refractivity contribution in [2.45, 2.75) is 49.4 Å². The molecule has 0 atom stereocenters. The lowest BCUT2D eigenvalue weighted by Gasteiger charge is -2.33. The predicted octanol–water partition coefficient (Wildman–Crippen LogP) is 5.96. The van der Waals surface area contributed by atoms with Crippen LogP contribution in [0.5, 0.6) is 0 Å². The van der Waals surface area contributed by atoms with E-state index in [1.165, 1.54) is 49.7 Å². The van der Waals surface area contributed by atoms with Gasteiger partial charge < -0.3 is 5.11 Å². The van der Waals surface area contributed by atoms with E-state index in [1.54, 1.807) is 12.1 Å². The van der Waals surface area contributed by atoms with Gasteiger partial charge in [0.2, 0.25) is 0 Å². The summed E-state index contributed by atoms with van der Waals surface area (Å²) in [5.41, 5.74) is 6.82. The molecule has 2 aromatic rings. The zero-order valence-corrected chi connectivity index (χ0v) is 15.4. The van der Waals surface area contributed by atoms with Gasteiger partial charge in [-0.05, 0) is 95.9 Å². The lowest BCUT2D eigenvalue weighted by Crippen LogP contribution is -2.24. The van der Waals surface area contributed by atoms with Gasteiger partial charge in [-0.25, -0.2) is 4.79 Å². The summed E-state index contributed by atoms with van der Waals surface area (Å²) in [4.78, 5) is 11.1. The van der Waals surface area contributed by atoms with E-state index < -0.39 is 5.97 Å². The van der Waals surface area contributed by atoms with Crippen LogP contribution in [0.15, 0.2) is 43.0 Å². The van der Waals surface area contributed by atoms with Gasteiger partial charge in [0, 0.05) is 10.6 Å². The van der Waals surface area contributed by atoms with Gasteiger partial charge in [0.1, 0.15) is 0 Å². The molecule has 0 heterocycles. The third-order valence-corrected chi connectivity index (χ3v) is 7.16. The Kier molecular flexibility index (Phi) is 3.25. The van der Waals surface area contributed by atoms with Crippen LogP contribution < -0.4 is 0 Å². The standard InChI is InChI=1S/C23H21ClO2/c1-14(15-2-4-16(5-3-15)21(25)26)17-12-18-19(13-20(17)24)23(10-11-23)9-8-22(18)6-7-22/h2-5,12-13H,1,6-11H2,(H,25,26). The van der Waals surface area contributed by atoms with Crippen molar-refractivity contribution in [3.05, 3.63) is 75.8 Å². The minimum absolute atomic E-state index is 0.283. The van der Waals surface area contributed by atoms with Crippen LogP contribution in [-0.2, 0) is 10.8 Å². The summed E-state index contributed by atoms with van der Waals surface area (Å²) < 4.78 is 0. The number of fused-ring (bicyclic) bond motifs is 3. The van der Waals surface area contributed by atoms with Crippen LogP contribution in [0.1, 0.15) is 71.1 Å². The van der Waals surface area contributed by atoms with E-state index in [0.717, 1.165) is 21.7 Å². The molecule has 0 aliphatic heterocycles. The molecule has 5 rings (SSSR count). The molecular weight excluding hydrogens is 344 g/mol. The van der Waals surface area contributed by atoms with E-state index in [9.17, 15) is 4.79 Å². The number of halogens is 1. The van der Waals surface area contributed by atoms with Crippen LogP contribution in [0.4, 0.5) is 0 Å². The Morgan fingerprint density at radius 2 is 1.35 bits per heavy atom. The van der Waals surface area contributed by atoms with Crippen molar-refractivity contribution >= 4 is 23.1 Å². The first-order chi connectivity index (χ1) is 12.4. The molecule has 0 radical (unpaired) electrons. The Hall–Kier alpha value is -2.06. The second-order valence-corrected chi connectivity index (χ2v) is 8.71. The Morgan fingerprint density at radius 3 is 1.85 bits per heavy atom. The minimum atomic E-state index is -0.917. The van der Waals surface area contributed by atoms with Gasteiger partial charge in [-0.2, -0.15) is 0 Å². The third kappa shape index (κ3) is 2.28. The summed E-state index contributed by atoms with van der Waals surface area (Å²) in [6, 6.07) is 11.4. The molecule has 3 aliphatic rings. The first-order valence-corrected chi connectivity index (χ1v) is 9.70. The van der Waals surface area contributed by atoms with Crippen molar-refractivity contribution in [1.29, 1.82) is 0 Å². The number of carboxylic acid groups (broad SMARTS) is 1. The zero-order chi connectivity index (χ0) is 18.1.